The number of benzene rings is 1. The molecule has 1 aromatic carbocycles. The second kappa shape index (κ2) is 4.61. The van der Waals surface area contributed by atoms with E-state index in [4.69, 9.17) is 9.94 Å². The van der Waals surface area contributed by atoms with Gasteiger partial charge in [-0.2, -0.15) is 0 Å². The molecule has 0 heterocycles. The smallest absolute Gasteiger partial charge is 0.373 e. The van der Waals surface area contributed by atoms with Crippen molar-refractivity contribution in [2.45, 2.75) is 0 Å². The largest absolute Gasteiger partial charge is 0.421 e. The number of halogens is 1. The molecule has 0 spiro atoms. The lowest BCUT2D eigenvalue weighted by Crippen LogP contribution is -2.14. The second-order valence-electron chi connectivity index (χ2n) is 2.09. The number of hydrogen-bond acceptors (Lipinski definition) is 4. The highest BCUT2D eigenvalue weighted by Gasteiger charge is 2.10. The Hall–Kier alpha value is -1.36. The minimum absolute atomic E-state index is 0.267. The van der Waals surface area contributed by atoms with Crippen LogP contribution in [0.25, 0.3) is 0 Å². The van der Waals surface area contributed by atoms with Crippen molar-refractivity contribution < 1.29 is 14.7 Å². The van der Waals surface area contributed by atoms with Gasteiger partial charge in [0, 0.05) is 0 Å². The summed E-state index contributed by atoms with van der Waals surface area (Å²) in [5.41, 5.74) is 0. The van der Waals surface area contributed by atoms with Crippen LogP contribution in [0.5, 0.6) is 5.75 Å². The summed E-state index contributed by atoms with van der Waals surface area (Å²) in [5, 5.41) is 10.9. The molecular weight excluding hydrogens is 238 g/mol. The average Bonchev–Trinajstić information content (AvgIpc) is 2.18. The standard InChI is InChI=1S/C8H6BrNO3/c9-7(10-12)8(11)13-6-4-2-1-3-5-6/h1-5,12H. The predicted octanol–water partition coefficient (Wildman–Crippen LogP) is 1.77. The summed E-state index contributed by atoms with van der Waals surface area (Å²) in [6.45, 7) is 0. The van der Waals surface area contributed by atoms with Gasteiger partial charge in [-0.05, 0) is 28.1 Å². The summed E-state index contributed by atoms with van der Waals surface area (Å²) in [5.74, 6) is -0.346. The van der Waals surface area contributed by atoms with Gasteiger partial charge in [-0.3, -0.25) is 0 Å². The lowest BCUT2D eigenvalue weighted by atomic mass is 10.3. The Labute approximate surface area is 82.9 Å². The van der Waals surface area contributed by atoms with Crippen molar-refractivity contribution in [3.05, 3.63) is 30.3 Å². The molecule has 0 amide bonds. The maximum absolute atomic E-state index is 11.0. The lowest BCUT2D eigenvalue weighted by molar-refractivity contribution is -0.126. The molecule has 0 saturated carbocycles. The summed E-state index contributed by atoms with van der Waals surface area (Å²) in [6, 6.07) is 8.50. The van der Waals surface area contributed by atoms with Crippen LogP contribution < -0.4 is 4.74 Å². The highest BCUT2D eigenvalue weighted by atomic mass is 79.9. The van der Waals surface area contributed by atoms with Crippen LogP contribution in [0.15, 0.2) is 35.5 Å². The fourth-order valence-corrected chi connectivity index (χ4v) is 0.759. The molecule has 68 valence electrons. The Morgan fingerprint density at radius 1 is 1.38 bits per heavy atom. The van der Waals surface area contributed by atoms with Gasteiger partial charge >= 0.3 is 5.97 Å². The van der Waals surface area contributed by atoms with Gasteiger partial charge in [-0.1, -0.05) is 23.4 Å². The van der Waals surface area contributed by atoms with E-state index in [0.29, 0.717) is 5.75 Å². The number of nitrogens with zero attached hydrogens (tertiary/aromatic N) is 1. The normalized spacial score (nSPS) is 11.0. The summed E-state index contributed by atoms with van der Waals surface area (Å²) >= 11 is 2.73. The van der Waals surface area contributed by atoms with E-state index in [0.717, 1.165) is 0 Å². The van der Waals surface area contributed by atoms with Gasteiger partial charge in [0.2, 0.25) is 4.62 Å². The van der Waals surface area contributed by atoms with Crippen LogP contribution in [0, 0.1) is 0 Å². The fraction of sp³-hybridized carbons (Fsp3) is 0. The van der Waals surface area contributed by atoms with Gasteiger partial charge in [-0.25, -0.2) is 4.79 Å². The Morgan fingerprint density at radius 2 is 2.00 bits per heavy atom. The number of para-hydroxylation sites is 1. The third-order valence-electron chi connectivity index (χ3n) is 1.21. The molecule has 0 saturated heterocycles. The van der Waals surface area contributed by atoms with E-state index >= 15 is 0 Å². The molecule has 0 aliphatic rings. The topological polar surface area (TPSA) is 58.9 Å². The molecule has 4 nitrogen and oxygen atoms in total. The van der Waals surface area contributed by atoms with Crippen molar-refractivity contribution in [2.75, 3.05) is 0 Å². The van der Waals surface area contributed by atoms with Crippen LogP contribution in [0.2, 0.25) is 0 Å². The number of esters is 1. The monoisotopic (exact) mass is 243 g/mol. The first kappa shape index (κ1) is 9.73. The lowest BCUT2D eigenvalue weighted by Gasteiger charge is -2.00. The molecular formula is C8H6BrNO3. The van der Waals surface area contributed by atoms with Crippen LogP contribution in [-0.4, -0.2) is 15.8 Å². The maximum atomic E-state index is 11.0. The second-order valence-corrected chi connectivity index (χ2v) is 2.84. The van der Waals surface area contributed by atoms with Crippen LogP contribution in [-0.2, 0) is 4.79 Å². The number of rotatable bonds is 2. The van der Waals surface area contributed by atoms with E-state index in [1.54, 1.807) is 30.3 Å². The van der Waals surface area contributed by atoms with E-state index in [9.17, 15) is 4.79 Å². The molecule has 1 aromatic rings. The number of carbonyl (C=O) groups is 1. The van der Waals surface area contributed by atoms with Gasteiger partial charge in [0.05, 0.1) is 0 Å². The number of hydrogen-bond donors (Lipinski definition) is 1. The van der Waals surface area contributed by atoms with Crippen molar-refractivity contribution in [1.82, 2.24) is 0 Å². The Balaban J connectivity index is 2.66. The van der Waals surface area contributed by atoms with Crippen molar-refractivity contribution in [1.29, 1.82) is 0 Å². The molecule has 0 fully saturated rings. The van der Waals surface area contributed by atoms with Crippen LogP contribution in [0.3, 0.4) is 0 Å². The van der Waals surface area contributed by atoms with Crippen molar-refractivity contribution >= 4 is 26.5 Å². The van der Waals surface area contributed by atoms with Crippen LogP contribution in [0.4, 0.5) is 0 Å². The minimum Gasteiger partial charge on any atom is -0.421 e. The predicted molar refractivity (Wildman–Crippen MR) is 50.2 cm³/mol. The summed E-state index contributed by atoms with van der Waals surface area (Å²) in [7, 11) is 0. The molecule has 1 N–H and O–H groups in total. The van der Waals surface area contributed by atoms with E-state index in [1.165, 1.54) is 0 Å². The molecule has 0 atom stereocenters. The molecule has 13 heavy (non-hydrogen) atoms. The van der Waals surface area contributed by atoms with Gasteiger partial charge in [0.25, 0.3) is 0 Å². The molecule has 5 heteroatoms. The van der Waals surface area contributed by atoms with Gasteiger partial charge in [-0.15, -0.1) is 0 Å². The van der Waals surface area contributed by atoms with E-state index < -0.39 is 5.97 Å². The van der Waals surface area contributed by atoms with Gasteiger partial charge < -0.3 is 9.94 Å². The fourth-order valence-electron chi connectivity index (χ4n) is 0.679. The molecule has 0 aliphatic heterocycles. The Kier molecular flexibility index (Phi) is 3.45. The average molecular weight is 244 g/mol. The molecule has 0 aromatic heterocycles. The van der Waals surface area contributed by atoms with E-state index in [-0.39, 0.29) is 4.62 Å². The zero-order valence-electron chi connectivity index (χ0n) is 6.48. The molecule has 0 bridgehead atoms. The summed E-state index contributed by atoms with van der Waals surface area (Å²) < 4.78 is 4.52. The third-order valence-corrected chi connectivity index (χ3v) is 1.69. The van der Waals surface area contributed by atoms with E-state index in [2.05, 4.69) is 21.1 Å². The van der Waals surface area contributed by atoms with Crippen molar-refractivity contribution in [2.24, 2.45) is 5.16 Å². The SMILES string of the molecule is O=C(Oc1ccccc1)C(Br)=NO. The zero-order valence-corrected chi connectivity index (χ0v) is 8.06. The van der Waals surface area contributed by atoms with Crippen LogP contribution in [0.1, 0.15) is 0 Å². The van der Waals surface area contributed by atoms with Crippen molar-refractivity contribution in [3.63, 3.8) is 0 Å². The zero-order chi connectivity index (χ0) is 9.68. The minimum atomic E-state index is -0.742. The molecule has 0 radical (unpaired) electrons. The first-order chi connectivity index (χ1) is 6.24. The van der Waals surface area contributed by atoms with Crippen LogP contribution >= 0.6 is 15.9 Å². The Bertz CT molecular complexity index is 323. The number of oxime groups is 1. The van der Waals surface area contributed by atoms with Crippen molar-refractivity contribution in [3.8, 4) is 5.75 Å². The molecule has 0 unspecified atom stereocenters. The number of carbonyl (C=O) groups excluding carboxylic acids is 1. The maximum Gasteiger partial charge on any atom is 0.373 e. The quantitative estimate of drug-likeness (QED) is 0.283. The third kappa shape index (κ3) is 2.87. The summed E-state index contributed by atoms with van der Waals surface area (Å²) in [4.78, 5) is 11.0. The Morgan fingerprint density at radius 3 is 2.54 bits per heavy atom. The van der Waals surface area contributed by atoms with E-state index in [1.807, 2.05) is 0 Å². The molecule has 1 rings (SSSR count). The highest BCUT2D eigenvalue weighted by Crippen LogP contribution is 2.09. The first-order valence-corrected chi connectivity index (χ1v) is 4.18. The highest BCUT2D eigenvalue weighted by molar-refractivity contribution is 9.19. The van der Waals surface area contributed by atoms with Gasteiger partial charge in [0.15, 0.2) is 0 Å². The van der Waals surface area contributed by atoms with Gasteiger partial charge in [0.1, 0.15) is 5.75 Å². The summed E-state index contributed by atoms with van der Waals surface area (Å²) in [6.07, 6.45) is 0. The number of ether oxygens (including phenoxy) is 1. The molecule has 0 aliphatic carbocycles. The first-order valence-electron chi connectivity index (χ1n) is 3.39.